The van der Waals surface area contributed by atoms with Crippen LogP contribution in [0.4, 0.5) is 0 Å². The van der Waals surface area contributed by atoms with E-state index in [-0.39, 0.29) is 0 Å². The molecule has 0 aliphatic carbocycles. The smallest absolute Gasteiger partial charge is 0.0247 e. The lowest BCUT2D eigenvalue weighted by atomic mass is 9.97. The number of nitrogens with zero attached hydrogens (tertiary/aromatic N) is 2. The van der Waals surface area contributed by atoms with Gasteiger partial charge >= 0.3 is 0 Å². The van der Waals surface area contributed by atoms with E-state index in [1.54, 1.807) is 0 Å². The van der Waals surface area contributed by atoms with Crippen LogP contribution in [0.1, 0.15) is 65.7 Å². The average Bonchev–Trinajstić information content (AvgIpc) is 2.72. The third-order valence-corrected chi connectivity index (χ3v) is 5.79. The number of hydrogen-bond donors (Lipinski definition) is 1. The second kappa shape index (κ2) is 8.50. The fraction of sp³-hybridized carbons (Fsp3) is 1.00. The maximum Gasteiger partial charge on any atom is 0.0247 e. The van der Waals surface area contributed by atoms with E-state index in [0.29, 0.717) is 6.04 Å². The van der Waals surface area contributed by atoms with Gasteiger partial charge in [-0.25, -0.2) is 0 Å². The van der Waals surface area contributed by atoms with Gasteiger partial charge in [0.2, 0.25) is 0 Å². The van der Waals surface area contributed by atoms with E-state index in [2.05, 4.69) is 42.9 Å². The third-order valence-electron chi connectivity index (χ3n) is 5.79. The third kappa shape index (κ3) is 4.20. The minimum atomic E-state index is 0.682. The molecule has 1 N–H and O–H groups in total. The Kier molecular flexibility index (Phi) is 6.97. The first kappa shape index (κ1) is 17.2. The quantitative estimate of drug-likeness (QED) is 0.742. The Bertz CT molecular complexity index is 294. The summed E-state index contributed by atoms with van der Waals surface area (Å²) in [5.41, 5.74) is 0. The van der Waals surface area contributed by atoms with Crippen LogP contribution >= 0.6 is 0 Å². The van der Waals surface area contributed by atoms with Crippen molar-refractivity contribution in [3.8, 4) is 0 Å². The van der Waals surface area contributed by atoms with Crippen LogP contribution in [-0.2, 0) is 0 Å². The molecule has 2 aliphatic rings. The fourth-order valence-corrected chi connectivity index (χ4v) is 4.50. The summed E-state index contributed by atoms with van der Waals surface area (Å²) in [6, 6.07) is 3.07. The van der Waals surface area contributed by atoms with Crippen LogP contribution in [0.15, 0.2) is 0 Å². The second-order valence-electron chi connectivity index (χ2n) is 7.16. The van der Waals surface area contributed by atoms with Gasteiger partial charge in [0.1, 0.15) is 0 Å². The number of fused-ring (bicyclic) bond motifs is 2. The SMILES string of the molecule is CCCNC(CCC)C(CC)N1CCC2CCC(C1)N2C. The summed E-state index contributed by atoms with van der Waals surface area (Å²) >= 11 is 0. The van der Waals surface area contributed by atoms with Crippen molar-refractivity contribution in [1.29, 1.82) is 0 Å². The fourth-order valence-electron chi connectivity index (χ4n) is 4.50. The normalized spacial score (nSPS) is 30.3. The number of hydrogen-bond acceptors (Lipinski definition) is 3. The molecule has 124 valence electrons. The van der Waals surface area contributed by atoms with Gasteiger partial charge in [-0.3, -0.25) is 9.80 Å². The zero-order valence-electron chi connectivity index (χ0n) is 14.8. The van der Waals surface area contributed by atoms with Crippen molar-refractivity contribution in [2.75, 3.05) is 26.7 Å². The van der Waals surface area contributed by atoms with Crippen molar-refractivity contribution in [3.63, 3.8) is 0 Å². The molecule has 0 radical (unpaired) electrons. The van der Waals surface area contributed by atoms with Gasteiger partial charge in [0.15, 0.2) is 0 Å². The topological polar surface area (TPSA) is 18.5 Å². The molecule has 2 rings (SSSR count). The second-order valence-corrected chi connectivity index (χ2v) is 7.16. The minimum absolute atomic E-state index is 0.682. The summed E-state index contributed by atoms with van der Waals surface area (Å²) in [6.07, 6.45) is 9.34. The van der Waals surface area contributed by atoms with Crippen LogP contribution < -0.4 is 5.32 Å². The molecule has 0 spiro atoms. The zero-order valence-corrected chi connectivity index (χ0v) is 14.8. The summed E-state index contributed by atoms with van der Waals surface area (Å²) in [7, 11) is 2.35. The van der Waals surface area contributed by atoms with Gasteiger partial charge in [0.25, 0.3) is 0 Å². The van der Waals surface area contributed by atoms with Gasteiger partial charge in [-0.05, 0) is 52.1 Å². The Hall–Kier alpha value is -0.120. The molecule has 2 aliphatic heterocycles. The maximum absolute atomic E-state index is 3.84. The van der Waals surface area contributed by atoms with E-state index in [9.17, 15) is 0 Å². The van der Waals surface area contributed by atoms with Crippen LogP contribution in [0.5, 0.6) is 0 Å². The Labute approximate surface area is 132 Å². The Morgan fingerprint density at radius 3 is 2.48 bits per heavy atom. The molecule has 4 unspecified atom stereocenters. The Balaban J connectivity index is 2.00. The maximum atomic E-state index is 3.84. The molecule has 2 saturated heterocycles. The number of likely N-dealkylation sites (N-methyl/N-ethyl adjacent to an activating group) is 1. The predicted octanol–water partition coefficient (Wildman–Crippen LogP) is 3.10. The molecule has 2 heterocycles. The minimum Gasteiger partial charge on any atom is -0.312 e. The van der Waals surface area contributed by atoms with Crippen molar-refractivity contribution < 1.29 is 0 Å². The van der Waals surface area contributed by atoms with E-state index in [1.165, 1.54) is 64.6 Å². The van der Waals surface area contributed by atoms with Crippen LogP contribution in [0.25, 0.3) is 0 Å². The first-order valence-corrected chi connectivity index (χ1v) is 9.40. The first-order valence-electron chi connectivity index (χ1n) is 9.40. The molecule has 2 bridgehead atoms. The summed E-state index contributed by atoms with van der Waals surface area (Å²) in [6.45, 7) is 10.7. The van der Waals surface area contributed by atoms with E-state index in [0.717, 1.165) is 18.1 Å². The monoisotopic (exact) mass is 295 g/mol. The molecule has 2 fully saturated rings. The van der Waals surface area contributed by atoms with Gasteiger partial charge in [-0.1, -0.05) is 27.2 Å². The van der Waals surface area contributed by atoms with E-state index < -0.39 is 0 Å². The van der Waals surface area contributed by atoms with Gasteiger partial charge < -0.3 is 5.32 Å². The molecular formula is C18H37N3. The van der Waals surface area contributed by atoms with Gasteiger partial charge in [-0.15, -0.1) is 0 Å². The molecular weight excluding hydrogens is 258 g/mol. The van der Waals surface area contributed by atoms with E-state index in [1.807, 2.05) is 0 Å². The van der Waals surface area contributed by atoms with E-state index >= 15 is 0 Å². The predicted molar refractivity (Wildman–Crippen MR) is 91.8 cm³/mol. The lowest BCUT2D eigenvalue weighted by molar-refractivity contribution is 0.131. The molecule has 0 aromatic rings. The van der Waals surface area contributed by atoms with Crippen molar-refractivity contribution >= 4 is 0 Å². The van der Waals surface area contributed by atoms with Crippen LogP contribution in [0.2, 0.25) is 0 Å². The van der Waals surface area contributed by atoms with Gasteiger partial charge in [0, 0.05) is 37.3 Å². The summed E-state index contributed by atoms with van der Waals surface area (Å²) in [5, 5.41) is 3.84. The van der Waals surface area contributed by atoms with Crippen molar-refractivity contribution in [1.82, 2.24) is 15.1 Å². The number of likely N-dealkylation sites (tertiary alicyclic amines) is 1. The number of nitrogens with one attached hydrogen (secondary N) is 1. The molecule has 21 heavy (non-hydrogen) atoms. The molecule has 0 aromatic carbocycles. The largest absolute Gasteiger partial charge is 0.312 e. The molecule has 3 heteroatoms. The van der Waals surface area contributed by atoms with Crippen LogP contribution in [0, 0.1) is 0 Å². The molecule has 0 amide bonds. The van der Waals surface area contributed by atoms with E-state index in [4.69, 9.17) is 0 Å². The lowest BCUT2D eigenvalue weighted by Gasteiger charge is -2.38. The van der Waals surface area contributed by atoms with Gasteiger partial charge in [0.05, 0.1) is 0 Å². The van der Waals surface area contributed by atoms with Crippen LogP contribution in [-0.4, -0.2) is 60.6 Å². The lowest BCUT2D eigenvalue weighted by Crippen LogP contribution is -2.52. The zero-order chi connectivity index (χ0) is 15.2. The Morgan fingerprint density at radius 1 is 1.05 bits per heavy atom. The highest BCUT2D eigenvalue weighted by Crippen LogP contribution is 2.30. The summed E-state index contributed by atoms with van der Waals surface area (Å²) < 4.78 is 0. The Morgan fingerprint density at radius 2 is 1.81 bits per heavy atom. The highest BCUT2D eigenvalue weighted by Gasteiger charge is 2.37. The molecule has 3 nitrogen and oxygen atoms in total. The summed E-state index contributed by atoms with van der Waals surface area (Å²) in [4.78, 5) is 5.49. The highest BCUT2D eigenvalue weighted by atomic mass is 15.3. The molecule has 0 aromatic heterocycles. The van der Waals surface area contributed by atoms with Crippen molar-refractivity contribution in [2.24, 2.45) is 0 Å². The molecule has 0 saturated carbocycles. The van der Waals surface area contributed by atoms with Crippen molar-refractivity contribution in [2.45, 2.75) is 89.9 Å². The average molecular weight is 296 g/mol. The summed E-state index contributed by atoms with van der Waals surface area (Å²) in [5.74, 6) is 0. The van der Waals surface area contributed by atoms with Crippen molar-refractivity contribution in [3.05, 3.63) is 0 Å². The highest BCUT2D eigenvalue weighted by molar-refractivity contribution is 4.94. The van der Waals surface area contributed by atoms with Gasteiger partial charge in [-0.2, -0.15) is 0 Å². The van der Waals surface area contributed by atoms with Crippen LogP contribution in [0.3, 0.4) is 0 Å². The molecule has 4 atom stereocenters. The first-order chi connectivity index (χ1) is 10.2. The standard InChI is InChI=1S/C18H37N3/c1-5-8-17(19-12-6-2)18(7-3)21-13-11-15-9-10-16(14-21)20(15)4/h15-19H,5-14H2,1-4H3. The number of rotatable bonds is 8.